The van der Waals surface area contributed by atoms with E-state index < -0.39 is 6.10 Å². The molecule has 86 valence electrons. The van der Waals surface area contributed by atoms with Crippen LogP contribution >= 0.6 is 0 Å². The molecule has 0 radical (unpaired) electrons. The molecular formula is C13H18N2O. The molecule has 3 nitrogen and oxygen atoms in total. The molecule has 0 saturated carbocycles. The lowest BCUT2D eigenvalue weighted by molar-refractivity contribution is 0.159. The number of pyridine rings is 1. The number of rotatable bonds is 3. The highest BCUT2D eigenvalue weighted by Gasteiger charge is 2.14. The Morgan fingerprint density at radius 3 is 2.75 bits per heavy atom. The largest absolute Gasteiger partial charge is 0.385 e. The number of aromatic nitrogens is 1. The third-order valence-electron chi connectivity index (χ3n) is 2.09. The maximum atomic E-state index is 9.91. The average molecular weight is 218 g/mol. The van der Waals surface area contributed by atoms with E-state index in [2.05, 4.69) is 16.2 Å². The highest BCUT2D eigenvalue weighted by Crippen LogP contribution is 2.11. The number of nitrogens with zero attached hydrogens (tertiary/aromatic N) is 1. The molecule has 1 atom stereocenters. The number of hydrogen-bond donors (Lipinski definition) is 2. The molecule has 1 aromatic heterocycles. The van der Waals surface area contributed by atoms with Gasteiger partial charge in [0.15, 0.2) is 0 Å². The molecule has 0 aliphatic heterocycles. The smallest absolute Gasteiger partial charge is 0.113 e. The van der Waals surface area contributed by atoms with Crippen LogP contribution in [-0.4, -0.2) is 22.2 Å². The van der Waals surface area contributed by atoms with Gasteiger partial charge in [-0.25, -0.2) is 4.98 Å². The van der Waals surface area contributed by atoms with Gasteiger partial charge in [0, 0.05) is 12.1 Å². The summed E-state index contributed by atoms with van der Waals surface area (Å²) in [4.78, 5) is 4.17. The van der Waals surface area contributed by atoms with Crippen molar-refractivity contribution in [1.29, 1.82) is 0 Å². The van der Waals surface area contributed by atoms with E-state index in [4.69, 9.17) is 6.42 Å². The van der Waals surface area contributed by atoms with Crippen molar-refractivity contribution in [1.82, 2.24) is 10.3 Å². The topological polar surface area (TPSA) is 45.1 Å². The van der Waals surface area contributed by atoms with Gasteiger partial charge in [-0.2, -0.15) is 0 Å². The first-order valence-corrected chi connectivity index (χ1v) is 5.29. The van der Waals surface area contributed by atoms with Crippen molar-refractivity contribution in [2.75, 3.05) is 6.54 Å². The second-order valence-electron chi connectivity index (χ2n) is 4.74. The van der Waals surface area contributed by atoms with Gasteiger partial charge in [0.2, 0.25) is 0 Å². The van der Waals surface area contributed by atoms with E-state index in [1.54, 1.807) is 18.2 Å². The molecular weight excluding hydrogens is 200 g/mol. The molecule has 0 aliphatic carbocycles. The van der Waals surface area contributed by atoms with E-state index in [9.17, 15) is 5.11 Å². The number of terminal acetylenes is 1. The normalized spacial score (nSPS) is 13.2. The van der Waals surface area contributed by atoms with Crippen molar-refractivity contribution in [2.24, 2.45) is 0 Å². The predicted octanol–water partition coefficient (Wildman–Crippen LogP) is 1.48. The van der Waals surface area contributed by atoms with Gasteiger partial charge in [-0.3, -0.25) is 0 Å². The Hall–Kier alpha value is -1.37. The summed E-state index contributed by atoms with van der Waals surface area (Å²) >= 11 is 0. The Kier molecular flexibility index (Phi) is 4.05. The van der Waals surface area contributed by atoms with Gasteiger partial charge in [-0.05, 0) is 32.9 Å². The van der Waals surface area contributed by atoms with Crippen LogP contribution in [0.5, 0.6) is 0 Å². The fourth-order valence-corrected chi connectivity index (χ4v) is 1.22. The van der Waals surface area contributed by atoms with Crippen LogP contribution in [-0.2, 0) is 0 Å². The van der Waals surface area contributed by atoms with Crippen molar-refractivity contribution in [3.05, 3.63) is 29.6 Å². The summed E-state index contributed by atoms with van der Waals surface area (Å²) in [6.07, 6.45) is 4.62. The monoisotopic (exact) mass is 218 g/mol. The van der Waals surface area contributed by atoms with Gasteiger partial charge in [-0.15, -0.1) is 6.42 Å². The second kappa shape index (κ2) is 5.11. The van der Waals surface area contributed by atoms with Crippen LogP contribution in [0, 0.1) is 12.3 Å². The van der Waals surface area contributed by atoms with E-state index in [0.717, 1.165) is 0 Å². The fourth-order valence-electron chi connectivity index (χ4n) is 1.22. The average Bonchev–Trinajstić information content (AvgIpc) is 2.25. The molecule has 3 heteroatoms. The zero-order chi connectivity index (χ0) is 12.2. The van der Waals surface area contributed by atoms with E-state index in [1.807, 2.05) is 20.8 Å². The lowest BCUT2D eigenvalue weighted by atomic mass is 10.1. The maximum absolute atomic E-state index is 9.91. The molecule has 1 rings (SSSR count). The zero-order valence-corrected chi connectivity index (χ0v) is 9.99. The van der Waals surface area contributed by atoms with Gasteiger partial charge in [0.1, 0.15) is 11.8 Å². The molecule has 0 spiro atoms. The zero-order valence-electron chi connectivity index (χ0n) is 9.99. The number of aliphatic hydroxyl groups is 1. The quantitative estimate of drug-likeness (QED) is 0.755. The van der Waals surface area contributed by atoms with Gasteiger partial charge >= 0.3 is 0 Å². The first-order chi connectivity index (χ1) is 7.42. The van der Waals surface area contributed by atoms with Gasteiger partial charge < -0.3 is 10.4 Å². The molecule has 0 saturated heterocycles. The Morgan fingerprint density at radius 2 is 2.19 bits per heavy atom. The summed E-state index contributed by atoms with van der Waals surface area (Å²) in [7, 11) is 0. The molecule has 2 N–H and O–H groups in total. The third-order valence-corrected chi connectivity index (χ3v) is 2.09. The molecule has 0 aromatic carbocycles. The van der Waals surface area contributed by atoms with Crippen molar-refractivity contribution < 1.29 is 5.11 Å². The molecule has 0 unspecified atom stereocenters. The summed E-state index contributed by atoms with van der Waals surface area (Å²) in [5, 5.41) is 13.1. The maximum Gasteiger partial charge on any atom is 0.113 e. The van der Waals surface area contributed by atoms with Gasteiger partial charge in [-0.1, -0.05) is 12.0 Å². The van der Waals surface area contributed by atoms with Crippen molar-refractivity contribution in [3.8, 4) is 12.3 Å². The fraction of sp³-hybridized carbons (Fsp3) is 0.462. The number of nitrogens with one attached hydrogen (secondary N) is 1. The summed E-state index contributed by atoms with van der Waals surface area (Å²) < 4.78 is 0. The summed E-state index contributed by atoms with van der Waals surface area (Å²) in [6.45, 7) is 6.60. The standard InChI is InChI=1S/C13H18N2O/c1-5-10-7-6-8-11(15-10)12(16)9-14-13(2,3)4/h1,6-8,12,14,16H,9H2,2-4H3/t12-/m0/s1. The van der Waals surface area contributed by atoms with E-state index in [0.29, 0.717) is 17.9 Å². The minimum atomic E-state index is -0.632. The predicted molar refractivity (Wildman–Crippen MR) is 64.9 cm³/mol. The van der Waals surface area contributed by atoms with Crippen LogP contribution in [0.4, 0.5) is 0 Å². The molecule has 0 amide bonds. The molecule has 0 fully saturated rings. The van der Waals surface area contributed by atoms with Crippen LogP contribution in [0.2, 0.25) is 0 Å². The molecule has 0 bridgehead atoms. The molecule has 1 aromatic rings. The van der Waals surface area contributed by atoms with Crippen LogP contribution in [0.15, 0.2) is 18.2 Å². The lowest BCUT2D eigenvalue weighted by Gasteiger charge is -2.22. The van der Waals surface area contributed by atoms with E-state index in [1.165, 1.54) is 0 Å². The van der Waals surface area contributed by atoms with Crippen LogP contribution in [0.25, 0.3) is 0 Å². The number of hydrogen-bond acceptors (Lipinski definition) is 3. The van der Waals surface area contributed by atoms with Crippen molar-refractivity contribution in [3.63, 3.8) is 0 Å². The number of β-amino-alcohol motifs (C(OH)–C–C–N with tert-alkyl or cyclic N) is 1. The first-order valence-electron chi connectivity index (χ1n) is 5.29. The third kappa shape index (κ3) is 4.01. The second-order valence-corrected chi connectivity index (χ2v) is 4.74. The minimum absolute atomic E-state index is 0.0231. The van der Waals surface area contributed by atoms with E-state index >= 15 is 0 Å². The van der Waals surface area contributed by atoms with Crippen molar-refractivity contribution >= 4 is 0 Å². The lowest BCUT2D eigenvalue weighted by Crippen LogP contribution is -2.38. The van der Waals surface area contributed by atoms with E-state index in [-0.39, 0.29) is 5.54 Å². The number of aliphatic hydroxyl groups excluding tert-OH is 1. The molecule has 1 heterocycles. The van der Waals surface area contributed by atoms with Crippen molar-refractivity contribution in [2.45, 2.75) is 32.4 Å². The van der Waals surface area contributed by atoms with Gasteiger partial charge in [0.05, 0.1) is 5.69 Å². The Balaban J connectivity index is 2.66. The highest BCUT2D eigenvalue weighted by atomic mass is 16.3. The molecule has 16 heavy (non-hydrogen) atoms. The summed E-state index contributed by atoms with van der Waals surface area (Å²) in [6, 6.07) is 5.32. The van der Waals surface area contributed by atoms with Crippen LogP contribution < -0.4 is 5.32 Å². The Morgan fingerprint density at radius 1 is 1.50 bits per heavy atom. The highest BCUT2D eigenvalue weighted by molar-refractivity contribution is 5.26. The Labute approximate surface area is 96.9 Å². The summed E-state index contributed by atoms with van der Waals surface area (Å²) in [5.41, 5.74) is 1.13. The first kappa shape index (κ1) is 12.7. The summed E-state index contributed by atoms with van der Waals surface area (Å²) in [5.74, 6) is 2.45. The minimum Gasteiger partial charge on any atom is -0.385 e. The van der Waals surface area contributed by atoms with Crippen LogP contribution in [0.3, 0.4) is 0 Å². The molecule has 0 aliphatic rings. The Bertz CT molecular complexity index is 388. The van der Waals surface area contributed by atoms with Crippen LogP contribution in [0.1, 0.15) is 38.3 Å². The SMILES string of the molecule is C#Cc1cccc([C@@H](O)CNC(C)(C)C)n1. The van der Waals surface area contributed by atoms with Gasteiger partial charge in [0.25, 0.3) is 0 Å².